The Hall–Kier alpha value is -1.42. The van der Waals surface area contributed by atoms with Gasteiger partial charge in [-0.3, -0.25) is 4.79 Å². The van der Waals surface area contributed by atoms with Gasteiger partial charge >= 0.3 is 0 Å². The highest BCUT2D eigenvalue weighted by Gasteiger charge is 2.27. The van der Waals surface area contributed by atoms with Gasteiger partial charge in [0, 0.05) is 18.7 Å². The maximum Gasteiger partial charge on any atom is 0.254 e. The Morgan fingerprint density at radius 2 is 2.29 bits per heavy atom. The molecule has 1 N–H and O–H groups in total. The molecule has 92 valence electrons. The monoisotopic (exact) mass is 237 g/mol. The van der Waals surface area contributed by atoms with E-state index in [1.165, 1.54) is 18.2 Å². The molecule has 0 aromatic heterocycles. The van der Waals surface area contributed by atoms with Crippen molar-refractivity contribution in [3.63, 3.8) is 0 Å². The van der Waals surface area contributed by atoms with E-state index in [9.17, 15) is 14.3 Å². The van der Waals surface area contributed by atoms with Crippen molar-refractivity contribution in [1.29, 1.82) is 0 Å². The van der Waals surface area contributed by atoms with Crippen LogP contribution in [0.2, 0.25) is 0 Å². The molecule has 1 aromatic rings. The lowest BCUT2D eigenvalue weighted by molar-refractivity contribution is 0.0248. The predicted octanol–water partition coefficient (Wildman–Crippen LogP) is 1.67. The lowest BCUT2D eigenvalue weighted by atomic mass is 9.95. The molecule has 1 saturated heterocycles. The molecule has 0 spiro atoms. The second-order valence-corrected chi connectivity index (χ2v) is 4.59. The van der Waals surface area contributed by atoms with Gasteiger partial charge in [-0.1, -0.05) is 13.0 Å². The fourth-order valence-electron chi connectivity index (χ4n) is 2.04. The molecule has 1 heterocycles. The van der Waals surface area contributed by atoms with Crippen LogP contribution in [0.15, 0.2) is 24.3 Å². The maximum atomic E-state index is 13.0. The molecular formula is C13H16FNO2. The summed E-state index contributed by atoms with van der Waals surface area (Å²) >= 11 is 0. The topological polar surface area (TPSA) is 40.5 Å². The van der Waals surface area contributed by atoms with E-state index in [4.69, 9.17) is 0 Å². The summed E-state index contributed by atoms with van der Waals surface area (Å²) in [6, 6.07) is 5.65. The molecule has 0 radical (unpaired) electrons. The number of aliphatic hydroxyl groups excluding tert-OH is 1. The van der Waals surface area contributed by atoms with E-state index in [-0.39, 0.29) is 11.8 Å². The number of piperidine rings is 1. The SMILES string of the molecule is CC1CCN(C(=O)c2cccc(F)c2)CC1O. The van der Waals surface area contributed by atoms with Crippen LogP contribution in [0.4, 0.5) is 4.39 Å². The molecule has 1 amide bonds. The van der Waals surface area contributed by atoms with E-state index in [1.807, 2.05) is 6.92 Å². The van der Waals surface area contributed by atoms with E-state index >= 15 is 0 Å². The molecular weight excluding hydrogens is 221 g/mol. The van der Waals surface area contributed by atoms with Crippen molar-refractivity contribution < 1.29 is 14.3 Å². The summed E-state index contributed by atoms with van der Waals surface area (Å²) in [6.45, 7) is 2.92. The first-order chi connectivity index (χ1) is 8.08. The first kappa shape index (κ1) is 12.0. The number of carbonyl (C=O) groups is 1. The van der Waals surface area contributed by atoms with Crippen LogP contribution in [-0.4, -0.2) is 35.1 Å². The molecule has 3 nitrogen and oxygen atoms in total. The molecule has 2 atom stereocenters. The van der Waals surface area contributed by atoms with Crippen LogP contribution >= 0.6 is 0 Å². The fourth-order valence-corrected chi connectivity index (χ4v) is 2.04. The molecule has 1 aliphatic heterocycles. The Kier molecular flexibility index (Phi) is 3.43. The van der Waals surface area contributed by atoms with E-state index < -0.39 is 11.9 Å². The number of halogens is 1. The van der Waals surface area contributed by atoms with Crippen LogP contribution in [0.1, 0.15) is 23.7 Å². The number of benzene rings is 1. The Labute approximate surface area is 99.9 Å². The fraction of sp³-hybridized carbons (Fsp3) is 0.462. The van der Waals surface area contributed by atoms with Gasteiger partial charge in [-0.25, -0.2) is 4.39 Å². The van der Waals surface area contributed by atoms with E-state index in [0.717, 1.165) is 6.42 Å². The summed E-state index contributed by atoms with van der Waals surface area (Å²) in [4.78, 5) is 13.6. The molecule has 0 aliphatic carbocycles. The summed E-state index contributed by atoms with van der Waals surface area (Å²) in [6.07, 6.45) is 0.295. The normalized spacial score (nSPS) is 24.8. The summed E-state index contributed by atoms with van der Waals surface area (Å²) in [7, 11) is 0. The lowest BCUT2D eigenvalue weighted by Crippen LogP contribution is -2.45. The minimum absolute atomic E-state index is 0.213. The Morgan fingerprint density at radius 1 is 1.53 bits per heavy atom. The number of rotatable bonds is 1. The van der Waals surface area contributed by atoms with Crippen LogP contribution in [0.25, 0.3) is 0 Å². The summed E-state index contributed by atoms with van der Waals surface area (Å²) in [5, 5.41) is 9.73. The smallest absolute Gasteiger partial charge is 0.254 e. The number of nitrogens with zero attached hydrogens (tertiary/aromatic N) is 1. The standard InChI is InChI=1S/C13H16FNO2/c1-9-5-6-15(8-12(9)16)13(17)10-3-2-4-11(14)7-10/h2-4,7,9,12,16H,5-6,8H2,1H3. The Morgan fingerprint density at radius 3 is 2.94 bits per heavy atom. The van der Waals surface area contributed by atoms with E-state index in [2.05, 4.69) is 0 Å². The van der Waals surface area contributed by atoms with Crippen molar-refractivity contribution in [1.82, 2.24) is 4.90 Å². The molecule has 17 heavy (non-hydrogen) atoms. The lowest BCUT2D eigenvalue weighted by Gasteiger charge is -2.34. The first-order valence-corrected chi connectivity index (χ1v) is 5.81. The largest absolute Gasteiger partial charge is 0.391 e. The van der Waals surface area contributed by atoms with E-state index in [0.29, 0.717) is 18.7 Å². The average Bonchev–Trinajstić information content (AvgIpc) is 2.32. The first-order valence-electron chi connectivity index (χ1n) is 5.81. The number of likely N-dealkylation sites (tertiary alicyclic amines) is 1. The van der Waals surface area contributed by atoms with Gasteiger partial charge in [0.1, 0.15) is 5.82 Å². The van der Waals surface area contributed by atoms with Gasteiger partial charge in [-0.2, -0.15) is 0 Å². The molecule has 0 saturated carbocycles. The molecule has 0 bridgehead atoms. The summed E-state index contributed by atoms with van der Waals surface area (Å²) in [5.41, 5.74) is 0.340. The van der Waals surface area contributed by atoms with Crippen molar-refractivity contribution in [2.75, 3.05) is 13.1 Å². The highest BCUT2D eigenvalue weighted by molar-refractivity contribution is 5.94. The molecule has 2 rings (SSSR count). The van der Waals surface area contributed by atoms with Gasteiger partial charge in [-0.15, -0.1) is 0 Å². The number of hydrogen-bond donors (Lipinski definition) is 1. The van der Waals surface area contributed by atoms with Crippen LogP contribution in [0.5, 0.6) is 0 Å². The van der Waals surface area contributed by atoms with Crippen molar-refractivity contribution in [3.8, 4) is 0 Å². The van der Waals surface area contributed by atoms with Crippen molar-refractivity contribution in [2.24, 2.45) is 5.92 Å². The number of carbonyl (C=O) groups excluding carboxylic acids is 1. The highest BCUT2D eigenvalue weighted by Crippen LogP contribution is 2.19. The summed E-state index contributed by atoms with van der Waals surface area (Å²) in [5.74, 6) is -0.413. The number of aliphatic hydroxyl groups is 1. The van der Waals surface area contributed by atoms with Crippen LogP contribution < -0.4 is 0 Å². The average molecular weight is 237 g/mol. The molecule has 1 aliphatic rings. The third-order valence-corrected chi connectivity index (χ3v) is 3.28. The zero-order valence-electron chi connectivity index (χ0n) is 9.77. The predicted molar refractivity (Wildman–Crippen MR) is 62.1 cm³/mol. The van der Waals surface area contributed by atoms with Gasteiger partial charge in [0.25, 0.3) is 5.91 Å². The minimum atomic E-state index is -0.485. The van der Waals surface area contributed by atoms with Crippen LogP contribution in [-0.2, 0) is 0 Å². The van der Waals surface area contributed by atoms with Crippen molar-refractivity contribution >= 4 is 5.91 Å². The zero-order valence-corrected chi connectivity index (χ0v) is 9.77. The molecule has 2 unspecified atom stereocenters. The maximum absolute atomic E-state index is 13.0. The second kappa shape index (κ2) is 4.84. The van der Waals surface area contributed by atoms with Gasteiger partial charge < -0.3 is 10.0 Å². The minimum Gasteiger partial charge on any atom is -0.391 e. The molecule has 4 heteroatoms. The number of amides is 1. The van der Waals surface area contributed by atoms with Gasteiger partial charge in [0.05, 0.1) is 6.10 Å². The van der Waals surface area contributed by atoms with Crippen molar-refractivity contribution in [2.45, 2.75) is 19.4 Å². The number of β-amino-alcohol motifs (C(OH)–C–C–N with tert-alkyl or cyclic N) is 1. The Balaban J connectivity index is 2.10. The van der Waals surface area contributed by atoms with Gasteiger partial charge in [-0.05, 0) is 30.5 Å². The van der Waals surface area contributed by atoms with E-state index in [1.54, 1.807) is 11.0 Å². The zero-order chi connectivity index (χ0) is 12.4. The second-order valence-electron chi connectivity index (χ2n) is 4.59. The van der Waals surface area contributed by atoms with Crippen molar-refractivity contribution in [3.05, 3.63) is 35.6 Å². The highest BCUT2D eigenvalue weighted by atomic mass is 19.1. The van der Waals surface area contributed by atoms with Crippen LogP contribution in [0, 0.1) is 11.7 Å². The van der Waals surface area contributed by atoms with Gasteiger partial charge in [0.15, 0.2) is 0 Å². The van der Waals surface area contributed by atoms with Crippen LogP contribution in [0.3, 0.4) is 0 Å². The molecule has 1 aromatic carbocycles. The quantitative estimate of drug-likeness (QED) is 0.807. The third-order valence-electron chi connectivity index (χ3n) is 3.28. The summed E-state index contributed by atoms with van der Waals surface area (Å²) < 4.78 is 13.0. The molecule has 1 fully saturated rings. The number of hydrogen-bond acceptors (Lipinski definition) is 2. The Bertz CT molecular complexity index is 422. The van der Waals surface area contributed by atoms with Gasteiger partial charge in [0.2, 0.25) is 0 Å². The third kappa shape index (κ3) is 2.64.